The second-order valence-electron chi connectivity index (χ2n) is 8.44. The van der Waals surface area contributed by atoms with Crippen molar-refractivity contribution in [3.8, 4) is 5.75 Å². The van der Waals surface area contributed by atoms with E-state index in [0.717, 1.165) is 0 Å². The Balaban J connectivity index is 1.49. The first-order valence-corrected chi connectivity index (χ1v) is 10.4. The van der Waals surface area contributed by atoms with Crippen molar-refractivity contribution in [2.45, 2.75) is 76.5 Å². The van der Waals surface area contributed by atoms with Gasteiger partial charge in [-0.2, -0.15) is 8.78 Å². The van der Waals surface area contributed by atoms with E-state index in [1.165, 1.54) is 6.07 Å². The van der Waals surface area contributed by atoms with Crippen LogP contribution in [0.4, 0.5) is 14.5 Å². The average molecular weight is 460 g/mol. The summed E-state index contributed by atoms with van der Waals surface area (Å²) in [5, 5.41) is 6.28. The van der Waals surface area contributed by atoms with Crippen molar-refractivity contribution in [2.75, 3.05) is 11.9 Å². The van der Waals surface area contributed by atoms with Crippen LogP contribution in [-0.2, 0) is 23.7 Å². The Kier molecular flexibility index (Phi) is 6.10. The van der Waals surface area contributed by atoms with E-state index in [1.807, 2.05) is 13.8 Å². The summed E-state index contributed by atoms with van der Waals surface area (Å²) in [6, 6.07) is 5.86. The number of anilines is 1. The van der Waals surface area contributed by atoms with Gasteiger partial charge in [-0.25, -0.2) is 0 Å². The first-order valence-electron chi connectivity index (χ1n) is 9.97. The largest absolute Gasteiger partial charge is 0.433 e. The molecule has 0 aromatic heterocycles. The minimum atomic E-state index is -2.95. The van der Waals surface area contributed by atoms with Crippen LogP contribution in [0, 0.1) is 0 Å². The number of ether oxygens (including phenoxy) is 6. The van der Waals surface area contributed by atoms with Gasteiger partial charge >= 0.3 is 6.61 Å². The number of nitrogens with one attached hydrogen (secondary N) is 2. The smallest absolute Gasteiger partial charge is 0.387 e. The summed E-state index contributed by atoms with van der Waals surface area (Å²) in [4.78, 5) is 0. The Morgan fingerprint density at radius 3 is 2.52 bits per heavy atom. The highest BCUT2D eigenvalue weighted by molar-refractivity contribution is 7.80. The van der Waals surface area contributed by atoms with Crippen LogP contribution < -0.4 is 15.4 Å². The third-order valence-electron chi connectivity index (χ3n) is 5.13. The molecule has 4 rings (SSSR count). The van der Waals surface area contributed by atoms with Gasteiger partial charge in [0.15, 0.2) is 23.0 Å². The standard InChI is InChI=1S/C20H26F2N2O6S/c1-19(2)25-9-12(28-19)14-13(15-16(27-14)30-20(3,4)29-15)24-18(31)23-10-7-5-6-8-11(10)26-17(21)22/h5-8,12-17H,9H2,1-4H3,(H2,23,24,31)/t12?,13-,14-,15-,16-/m1/s1. The highest BCUT2D eigenvalue weighted by Crippen LogP contribution is 2.40. The molecule has 0 bridgehead atoms. The lowest BCUT2D eigenvalue weighted by Gasteiger charge is -2.30. The monoisotopic (exact) mass is 460 g/mol. The predicted octanol–water partition coefficient (Wildman–Crippen LogP) is 2.97. The quantitative estimate of drug-likeness (QED) is 0.645. The normalized spacial score (nSPS) is 33.3. The van der Waals surface area contributed by atoms with E-state index in [2.05, 4.69) is 15.4 Å². The van der Waals surface area contributed by atoms with Gasteiger partial charge in [0.05, 0.1) is 18.3 Å². The summed E-state index contributed by atoms with van der Waals surface area (Å²) in [5.41, 5.74) is 0.304. The van der Waals surface area contributed by atoms with Gasteiger partial charge in [0, 0.05) is 0 Å². The molecule has 1 unspecified atom stereocenters. The summed E-state index contributed by atoms with van der Waals surface area (Å²) in [7, 11) is 0. The number of thiocarbonyl (C=S) groups is 1. The molecule has 8 nitrogen and oxygen atoms in total. The fourth-order valence-corrected chi connectivity index (χ4v) is 4.22. The van der Waals surface area contributed by atoms with Crippen molar-refractivity contribution in [1.29, 1.82) is 0 Å². The van der Waals surface area contributed by atoms with E-state index in [-0.39, 0.29) is 17.0 Å². The van der Waals surface area contributed by atoms with Crippen LogP contribution in [0.25, 0.3) is 0 Å². The van der Waals surface area contributed by atoms with E-state index in [1.54, 1.807) is 32.0 Å². The van der Waals surface area contributed by atoms with Gasteiger partial charge in [0.1, 0.15) is 24.1 Å². The van der Waals surface area contributed by atoms with Crippen LogP contribution in [0.15, 0.2) is 24.3 Å². The first-order chi connectivity index (χ1) is 14.5. The number of fused-ring (bicyclic) bond motifs is 1. The SMILES string of the molecule is CC1(C)OCC([C@H]2O[C@@H]3OC(C)(C)O[C@@H]3[C@@H]2NC(=S)Nc2ccccc2OC(F)F)O1. The van der Waals surface area contributed by atoms with Crippen LogP contribution in [0.5, 0.6) is 5.75 Å². The van der Waals surface area contributed by atoms with Gasteiger partial charge < -0.3 is 39.1 Å². The number of halogens is 2. The second kappa shape index (κ2) is 8.38. The number of hydrogen-bond acceptors (Lipinski definition) is 7. The van der Waals surface area contributed by atoms with Crippen LogP contribution in [-0.4, -0.2) is 60.5 Å². The Morgan fingerprint density at radius 2 is 1.84 bits per heavy atom. The lowest BCUT2D eigenvalue weighted by molar-refractivity contribution is -0.223. The van der Waals surface area contributed by atoms with E-state index in [0.29, 0.717) is 12.3 Å². The Labute approximate surface area is 184 Å². The van der Waals surface area contributed by atoms with E-state index >= 15 is 0 Å². The van der Waals surface area contributed by atoms with Gasteiger partial charge in [-0.3, -0.25) is 0 Å². The third kappa shape index (κ3) is 5.07. The number of rotatable bonds is 5. The molecule has 172 valence electrons. The average Bonchev–Trinajstić information content (AvgIpc) is 3.26. The topological polar surface area (TPSA) is 79.4 Å². The van der Waals surface area contributed by atoms with Crippen molar-refractivity contribution < 1.29 is 37.2 Å². The molecule has 0 amide bonds. The van der Waals surface area contributed by atoms with Gasteiger partial charge in [-0.1, -0.05) is 12.1 Å². The molecule has 3 aliphatic rings. The Hall–Kier alpha value is -1.63. The zero-order valence-electron chi connectivity index (χ0n) is 17.6. The molecular weight excluding hydrogens is 434 g/mol. The highest BCUT2D eigenvalue weighted by atomic mass is 32.1. The van der Waals surface area contributed by atoms with E-state index in [4.69, 9.17) is 35.9 Å². The molecule has 3 aliphatic heterocycles. The van der Waals surface area contributed by atoms with Crippen LogP contribution in [0.3, 0.4) is 0 Å². The van der Waals surface area contributed by atoms with Crippen molar-refractivity contribution in [1.82, 2.24) is 5.32 Å². The molecule has 0 saturated carbocycles. The molecule has 1 aromatic rings. The van der Waals surface area contributed by atoms with Crippen molar-refractivity contribution >= 4 is 23.0 Å². The highest BCUT2D eigenvalue weighted by Gasteiger charge is 2.58. The zero-order chi connectivity index (χ0) is 22.4. The zero-order valence-corrected chi connectivity index (χ0v) is 18.4. The molecule has 0 radical (unpaired) electrons. The molecule has 11 heteroatoms. The number of alkyl halides is 2. The third-order valence-corrected chi connectivity index (χ3v) is 5.35. The van der Waals surface area contributed by atoms with Crippen molar-refractivity contribution in [3.05, 3.63) is 24.3 Å². The minimum absolute atomic E-state index is 0.0189. The maximum absolute atomic E-state index is 12.7. The molecule has 3 fully saturated rings. The van der Waals surface area contributed by atoms with Crippen molar-refractivity contribution in [3.63, 3.8) is 0 Å². The molecule has 2 N–H and O–H groups in total. The predicted molar refractivity (Wildman–Crippen MR) is 110 cm³/mol. The van der Waals surface area contributed by atoms with Crippen molar-refractivity contribution in [2.24, 2.45) is 0 Å². The molecule has 5 atom stereocenters. The Morgan fingerprint density at radius 1 is 1.10 bits per heavy atom. The number of hydrogen-bond donors (Lipinski definition) is 2. The molecular formula is C20H26F2N2O6S. The number of para-hydroxylation sites is 2. The molecule has 3 heterocycles. The van der Waals surface area contributed by atoms with Gasteiger partial charge in [0.2, 0.25) is 0 Å². The summed E-state index contributed by atoms with van der Waals surface area (Å²) in [6.45, 7) is 4.64. The van der Waals surface area contributed by atoms with Crippen LogP contribution in [0.1, 0.15) is 27.7 Å². The van der Waals surface area contributed by atoms with E-state index < -0.39 is 42.7 Å². The van der Waals surface area contributed by atoms with Crippen LogP contribution >= 0.6 is 12.2 Å². The van der Waals surface area contributed by atoms with Gasteiger partial charge in [0.25, 0.3) is 0 Å². The lowest BCUT2D eigenvalue weighted by Crippen LogP contribution is -2.53. The molecule has 31 heavy (non-hydrogen) atoms. The summed E-state index contributed by atoms with van der Waals surface area (Å²) in [6.07, 6.45) is -1.91. The Bertz CT molecular complexity index is 827. The first kappa shape index (κ1) is 22.6. The fraction of sp³-hybridized carbons (Fsp3) is 0.650. The fourth-order valence-electron chi connectivity index (χ4n) is 3.97. The lowest BCUT2D eigenvalue weighted by atomic mass is 10.0. The molecule has 1 aromatic carbocycles. The summed E-state index contributed by atoms with van der Waals surface area (Å²) >= 11 is 5.45. The molecule has 0 aliphatic carbocycles. The maximum atomic E-state index is 12.7. The minimum Gasteiger partial charge on any atom is -0.433 e. The summed E-state index contributed by atoms with van der Waals surface area (Å²) < 4.78 is 59.6. The molecule has 3 saturated heterocycles. The van der Waals surface area contributed by atoms with Gasteiger partial charge in [-0.05, 0) is 52.0 Å². The van der Waals surface area contributed by atoms with Crippen LogP contribution in [0.2, 0.25) is 0 Å². The van der Waals surface area contributed by atoms with Gasteiger partial charge in [-0.15, -0.1) is 0 Å². The summed E-state index contributed by atoms with van der Waals surface area (Å²) in [5.74, 6) is -1.57. The second-order valence-corrected chi connectivity index (χ2v) is 8.84. The maximum Gasteiger partial charge on any atom is 0.387 e. The number of benzene rings is 1. The molecule has 0 spiro atoms. The van der Waals surface area contributed by atoms with E-state index in [9.17, 15) is 8.78 Å².